The molecule has 0 unspecified atom stereocenters. The van der Waals surface area contributed by atoms with E-state index in [0.717, 1.165) is 10.2 Å². The van der Waals surface area contributed by atoms with Crippen molar-refractivity contribution < 1.29 is 9.59 Å². The summed E-state index contributed by atoms with van der Waals surface area (Å²) in [5.41, 5.74) is 0.731. The van der Waals surface area contributed by atoms with E-state index in [1.807, 2.05) is 12.1 Å². The van der Waals surface area contributed by atoms with Gasteiger partial charge in [-0.3, -0.25) is 9.59 Å². The second-order valence-electron chi connectivity index (χ2n) is 3.28. The molecule has 0 spiro atoms. The summed E-state index contributed by atoms with van der Waals surface area (Å²) in [5, 5.41) is 4.50. The van der Waals surface area contributed by atoms with Gasteiger partial charge in [-0.1, -0.05) is 60.9 Å². The van der Waals surface area contributed by atoms with Gasteiger partial charge in [0.1, 0.15) is 5.52 Å². The summed E-state index contributed by atoms with van der Waals surface area (Å²) >= 11 is 16.0. The van der Waals surface area contributed by atoms with Crippen LogP contribution in [0.15, 0.2) is 18.2 Å². The standard InChI is InChI=1S/C9H6BrClN2OS.C2H2Br2O/c10-4-7(14)12-9-13-8-5(11)2-1-3-6(8)15-9;3-1-2(4)5/h1-3H,4H2,(H,12,13,14);1H2. The number of benzene rings is 1. The summed E-state index contributed by atoms with van der Waals surface area (Å²) in [5.74, 6) is -0.120. The van der Waals surface area contributed by atoms with Gasteiger partial charge >= 0.3 is 0 Å². The summed E-state index contributed by atoms with van der Waals surface area (Å²) in [7, 11) is 0. The number of rotatable bonds is 3. The lowest BCUT2D eigenvalue weighted by molar-refractivity contribution is -0.113. The lowest BCUT2D eigenvalue weighted by Crippen LogP contribution is -2.11. The number of amides is 1. The molecule has 0 aliphatic heterocycles. The van der Waals surface area contributed by atoms with Crippen LogP contribution in [-0.2, 0) is 9.59 Å². The summed E-state index contributed by atoms with van der Waals surface area (Å²) in [4.78, 5) is 25.0. The Labute approximate surface area is 149 Å². The number of thiazole rings is 1. The highest BCUT2D eigenvalue weighted by Gasteiger charge is 2.08. The van der Waals surface area contributed by atoms with E-state index in [-0.39, 0.29) is 15.9 Å². The molecule has 0 radical (unpaired) electrons. The average Bonchev–Trinajstić information content (AvgIpc) is 2.83. The molecule has 0 bridgehead atoms. The van der Waals surface area contributed by atoms with Crippen molar-refractivity contribution >= 4 is 96.7 Å². The third-order valence-electron chi connectivity index (χ3n) is 1.84. The first-order valence-electron chi connectivity index (χ1n) is 5.13. The molecule has 0 aliphatic rings. The fraction of sp³-hybridized carbons (Fsp3) is 0.182. The number of fused-ring (bicyclic) bond motifs is 1. The van der Waals surface area contributed by atoms with Crippen molar-refractivity contribution in [2.45, 2.75) is 0 Å². The molecule has 0 fully saturated rings. The van der Waals surface area contributed by atoms with Crippen molar-refractivity contribution in [2.75, 3.05) is 16.0 Å². The quantitative estimate of drug-likeness (QED) is 0.489. The number of hydrogen-bond donors (Lipinski definition) is 1. The highest BCUT2D eigenvalue weighted by Crippen LogP contribution is 2.30. The maximum absolute atomic E-state index is 11.1. The lowest BCUT2D eigenvalue weighted by Gasteiger charge is -1.94. The molecule has 1 N–H and O–H groups in total. The van der Waals surface area contributed by atoms with Crippen molar-refractivity contribution in [1.82, 2.24) is 4.98 Å². The van der Waals surface area contributed by atoms with E-state index in [1.54, 1.807) is 6.07 Å². The number of anilines is 1. The lowest BCUT2D eigenvalue weighted by atomic mass is 10.3. The Bertz CT molecular complexity index is 621. The maximum atomic E-state index is 11.1. The van der Waals surface area contributed by atoms with Crippen LogP contribution in [0.2, 0.25) is 5.02 Å². The Morgan fingerprint density at radius 2 is 1.95 bits per heavy atom. The zero-order valence-electron chi connectivity index (χ0n) is 9.83. The van der Waals surface area contributed by atoms with Crippen LogP contribution in [0.5, 0.6) is 0 Å². The van der Waals surface area contributed by atoms with Gasteiger partial charge in [-0.2, -0.15) is 0 Å². The van der Waals surface area contributed by atoms with Gasteiger partial charge in [-0.05, 0) is 28.1 Å². The van der Waals surface area contributed by atoms with Crippen LogP contribution in [0.25, 0.3) is 10.2 Å². The first-order chi connectivity index (χ1) is 9.47. The average molecular weight is 507 g/mol. The monoisotopic (exact) mass is 504 g/mol. The normalized spacial score (nSPS) is 9.80. The number of carbonyl (C=O) groups excluding carboxylic acids is 2. The van der Waals surface area contributed by atoms with Crippen LogP contribution in [0, 0.1) is 0 Å². The number of nitrogens with one attached hydrogen (secondary N) is 1. The zero-order valence-corrected chi connectivity index (χ0v) is 16.2. The number of nitrogens with zero attached hydrogens (tertiary/aromatic N) is 1. The number of carbonyl (C=O) groups is 2. The van der Waals surface area contributed by atoms with Gasteiger partial charge in [0, 0.05) is 0 Å². The van der Waals surface area contributed by atoms with E-state index in [4.69, 9.17) is 11.6 Å². The van der Waals surface area contributed by atoms with Gasteiger partial charge < -0.3 is 5.32 Å². The molecule has 1 aromatic heterocycles. The Morgan fingerprint density at radius 3 is 2.45 bits per heavy atom. The second-order valence-corrected chi connectivity index (χ2v) is 6.72. The minimum absolute atomic E-state index is 0.0162. The fourth-order valence-electron chi connectivity index (χ4n) is 1.12. The topological polar surface area (TPSA) is 59.1 Å². The van der Waals surface area contributed by atoms with Gasteiger partial charge in [-0.15, -0.1) is 0 Å². The van der Waals surface area contributed by atoms with Gasteiger partial charge in [0.25, 0.3) is 0 Å². The summed E-state index contributed by atoms with van der Waals surface area (Å²) < 4.78 is 0.949. The minimum atomic E-state index is -0.120. The predicted molar refractivity (Wildman–Crippen MR) is 94.8 cm³/mol. The number of alkyl halides is 2. The maximum Gasteiger partial charge on any atom is 0.236 e. The molecule has 0 atom stereocenters. The first-order valence-corrected chi connectivity index (χ1v) is 9.36. The van der Waals surface area contributed by atoms with Crippen LogP contribution in [0.1, 0.15) is 0 Å². The molecule has 1 aromatic carbocycles. The number of para-hydroxylation sites is 1. The molecule has 9 heteroatoms. The van der Waals surface area contributed by atoms with Crippen molar-refractivity contribution in [3.63, 3.8) is 0 Å². The van der Waals surface area contributed by atoms with E-state index in [1.165, 1.54) is 11.3 Å². The number of hydrogen-bond acceptors (Lipinski definition) is 4. The summed E-state index contributed by atoms with van der Waals surface area (Å²) in [6.07, 6.45) is 0. The molecular formula is C11H8Br3ClN2O2S. The molecule has 2 aromatic rings. The van der Waals surface area contributed by atoms with Crippen molar-refractivity contribution in [3.8, 4) is 0 Å². The highest BCUT2D eigenvalue weighted by atomic mass is 79.9. The van der Waals surface area contributed by atoms with E-state index >= 15 is 0 Å². The van der Waals surface area contributed by atoms with Gasteiger partial charge in [0.05, 0.1) is 20.4 Å². The fourth-order valence-corrected chi connectivity index (χ4v) is 2.44. The first kappa shape index (κ1) is 18.0. The predicted octanol–water partition coefficient (Wildman–Crippen LogP) is 4.59. The third kappa shape index (κ3) is 5.77. The molecule has 4 nitrogen and oxygen atoms in total. The summed E-state index contributed by atoms with van der Waals surface area (Å²) in [6, 6.07) is 5.56. The van der Waals surface area contributed by atoms with E-state index in [2.05, 4.69) is 58.1 Å². The molecule has 108 valence electrons. The zero-order chi connectivity index (χ0) is 15.1. The van der Waals surface area contributed by atoms with Crippen LogP contribution in [-0.4, -0.2) is 26.2 Å². The van der Waals surface area contributed by atoms with Crippen LogP contribution in [0.3, 0.4) is 0 Å². The Kier molecular flexibility index (Phi) is 8.20. The van der Waals surface area contributed by atoms with Crippen molar-refractivity contribution in [3.05, 3.63) is 23.2 Å². The molecule has 0 aliphatic carbocycles. The molecule has 1 heterocycles. The van der Waals surface area contributed by atoms with Crippen LogP contribution < -0.4 is 5.32 Å². The smallest absolute Gasteiger partial charge is 0.236 e. The molecule has 1 amide bonds. The van der Waals surface area contributed by atoms with Gasteiger partial charge in [0.15, 0.2) is 5.13 Å². The Balaban J connectivity index is 0.000000347. The number of aromatic nitrogens is 1. The molecule has 0 saturated heterocycles. The van der Waals surface area contributed by atoms with E-state index < -0.39 is 0 Å². The minimum Gasteiger partial charge on any atom is -0.301 e. The highest BCUT2D eigenvalue weighted by molar-refractivity contribution is 9.19. The van der Waals surface area contributed by atoms with Crippen LogP contribution >= 0.6 is 70.7 Å². The second kappa shape index (κ2) is 9.09. The molecule has 2 rings (SSSR count). The third-order valence-corrected chi connectivity index (χ3v) is 5.13. The summed E-state index contributed by atoms with van der Waals surface area (Å²) in [6.45, 7) is 0. The van der Waals surface area contributed by atoms with Gasteiger partial charge in [0.2, 0.25) is 10.6 Å². The SMILES string of the molecule is O=C(Br)CBr.O=C(CBr)Nc1nc2c(Cl)cccc2s1. The molecule has 0 saturated carbocycles. The number of halogens is 4. The Morgan fingerprint density at radius 1 is 1.30 bits per heavy atom. The Hall–Kier alpha value is -0.0200. The van der Waals surface area contributed by atoms with Crippen LogP contribution in [0.4, 0.5) is 5.13 Å². The van der Waals surface area contributed by atoms with Crippen molar-refractivity contribution in [1.29, 1.82) is 0 Å². The van der Waals surface area contributed by atoms with Crippen molar-refractivity contribution in [2.24, 2.45) is 0 Å². The van der Waals surface area contributed by atoms with Gasteiger partial charge in [-0.25, -0.2) is 4.98 Å². The van der Waals surface area contributed by atoms with E-state index in [9.17, 15) is 9.59 Å². The molecular weight excluding hydrogens is 499 g/mol. The largest absolute Gasteiger partial charge is 0.301 e. The molecule has 20 heavy (non-hydrogen) atoms. The van der Waals surface area contributed by atoms with E-state index in [0.29, 0.717) is 15.5 Å².